The number of hydrogen-bond donors (Lipinski definition) is 1. The summed E-state index contributed by atoms with van der Waals surface area (Å²) in [6.07, 6.45) is 6.63. The molecule has 0 bridgehead atoms. The van der Waals surface area contributed by atoms with E-state index in [1.54, 1.807) is 42.7 Å². The smallest absolute Gasteiger partial charge is 0.290 e. The Labute approximate surface area is 164 Å². The molecule has 0 amide bonds. The Kier molecular flexibility index (Phi) is 6.11. The van der Waals surface area contributed by atoms with Gasteiger partial charge in [-0.1, -0.05) is 18.2 Å². The summed E-state index contributed by atoms with van der Waals surface area (Å²) < 4.78 is 27.6. The number of pyridine rings is 1. The SMILES string of the molecule is CN1CCC[C@H]1Cc1cn(S(=O)(=O)c2ccccc2)c2cccnc12.O=CO. The Hall–Kier alpha value is -2.71. The van der Waals surface area contributed by atoms with Crippen LogP contribution in [0.15, 0.2) is 59.8 Å². The summed E-state index contributed by atoms with van der Waals surface area (Å²) in [5.41, 5.74) is 2.41. The van der Waals surface area contributed by atoms with Crippen LogP contribution in [0.5, 0.6) is 0 Å². The van der Waals surface area contributed by atoms with Gasteiger partial charge in [-0.15, -0.1) is 0 Å². The summed E-state index contributed by atoms with van der Waals surface area (Å²) in [5.74, 6) is 0. The van der Waals surface area contributed by atoms with Crippen LogP contribution in [0.2, 0.25) is 0 Å². The lowest BCUT2D eigenvalue weighted by molar-refractivity contribution is -0.122. The second-order valence-electron chi connectivity index (χ2n) is 6.73. The average Bonchev–Trinajstić information content (AvgIpc) is 3.28. The molecular formula is C20H23N3O4S. The molecular weight excluding hydrogens is 378 g/mol. The van der Waals surface area contributed by atoms with Crippen molar-refractivity contribution in [3.8, 4) is 0 Å². The lowest BCUT2D eigenvalue weighted by Gasteiger charge is -2.18. The molecule has 0 radical (unpaired) electrons. The largest absolute Gasteiger partial charge is 0.483 e. The van der Waals surface area contributed by atoms with Crippen molar-refractivity contribution < 1.29 is 18.3 Å². The number of benzene rings is 1. The topological polar surface area (TPSA) is 92.5 Å². The van der Waals surface area contributed by atoms with Crippen molar-refractivity contribution in [3.05, 3.63) is 60.4 Å². The van der Waals surface area contributed by atoms with Gasteiger partial charge >= 0.3 is 0 Å². The Balaban J connectivity index is 0.000000706. The summed E-state index contributed by atoms with van der Waals surface area (Å²) in [7, 11) is -1.50. The number of likely N-dealkylation sites (N-methyl/N-ethyl adjacent to an activating group) is 1. The highest BCUT2D eigenvalue weighted by atomic mass is 32.2. The van der Waals surface area contributed by atoms with E-state index in [1.807, 2.05) is 12.1 Å². The van der Waals surface area contributed by atoms with Gasteiger partial charge in [-0.25, -0.2) is 12.4 Å². The second kappa shape index (κ2) is 8.53. The van der Waals surface area contributed by atoms with E-state index in [9.17, 15) is 8.42 Å². The van der Waals surface area contributed by atoms with E-state index in [0.29, 0.717) is 16.5 Å². The predicted octanol–water partition coefficient (Wildman–Crippen LogP) is 2.61. The van der Waals surface area contributed by atoms with Crippen molar-refractivity contribution in [2.45, 2.75) is 30.2 Å². The van der Waals surface area contributed by atoms with Gasteiger partial charge < -0.3 is 10.0 Å². The summed E-state index contributed by atoms with van der Waals surface area (Å²) in [4.78, 5) is 15.5. The van der Waals surface area contributed by atoms with E-state index in [2.05, 4.69) is 16.9 Å². The fraction of sp³-hybridized carbons (Fsp3) is 0.300. The van der Waals surface area contributed by atoms with Crippen LogP contribution >= 0.6 is 0 Å². The number of nitrogens with zero attached hydrogens (tertiary/aromatic N) is 3. The third-order valence-electron chi connectivity index (χ3n) is 5.03. The van der Waals surface area contributed by atoms with Crippen LogP contribution in [-0.4, -0.2) is 53.5 Å². The zero-order valence-corrected chi connectivity index (χ0v) is 16.4. The van der Waals surface area contributed by atoms with Gasteiger partial charge in [0.2, 0.25) is 0 Å². The molecule has 0 unspecified atom stereocenters. The van der Waals surface area contributed by atoms with E-state index < -0.39 is 10.0 Å². The minimum absolute atomic E-state index is 0.250. The molecule has 8 heteroatoms. The molecule has 4 rings (SSSR count). The van der Waals surface area contributed by atoms with E-state index in [4.69, 9.17) is 9.90 Å². The maximum Gasteiger partial charge on any atom is 0.290 e. The molecule has 1 saturated heterocycles. The van der Waals surface area contributed by atoms with Crippen LogP contribution in [0.3, 0.4) is 0 Å². The van der Waals surface area contributed by atoms with E-state index >= 15 is 0 Å². The minimum atomic E-state index is -3.63. The molecule has 0 aliphatic carbocycles. The number of hydrogen-bond acceptors (Lipinski definition) is 5. The molecule has 3 heterocycles. The van der Waals surface area contributed by atoms with E-state index in [1.165, 1.54) is 10.4 Å². The highest BCUT2D eigenvalue weighted by Crippen LogP contribution is 2.28. The first-order chi connectivity index (χ1) is 13.5. The van der Waals surface area contributed by atoms with Gasteiger partial charge in [0.05, 0.1) is 15.9 Å². The van der Waals surface area contributed by atoms with Crippen LogP contribution in [0.4, 0.5) is 0 Å². The second-order valence-corrected chi connectivity index (χ2v) is 8.54. The zero-order valence-electron chi connectivity index (χ0n) is 15.6. The molecule has 7 nitrogen and oxygen atoms in total. The van der Waals surface area contributed by atoms with Gasteiger partial charge in [0, 0.05) is 18.4 Å². The average molecular weight is 401 g/mol. The van der Waals surface area contributed by atoms with Gasteiger partial charge in [0.1, 0.15) is 0 Å². The molecule has 1 aliphatic rings. The summed E-state index contributed by atoms with van der Waals surface area (Å²) >= 11 is 0. The molecule has 0 spiro atoms. The van der Waals surface area contributed by atoms with Gasteiger partial charge in [-0.2, -0.15) is 0 Å². The molecule has 148 valence electrons. The molecule has 28 heavy (non-hydrogen) atoms. The quantitative estimate of drug-likeness (QED) is 0.676. The van der Waals surface area contributed by atoms with Crippen molar-refractivity contribution in [3.63, 3.8) is 0 Å². The lowest BCUT2D eigenvalue weighted by Crippen LogP contribution is -2.26. The number of carboxylic acid groups (broad SMARTS) is 1. The number of rotatable bonds is 4. The Morgan fingerprint density at radius 2 is 1.93 bits per heavy atom. The third kappa shape index (κ3) is 3.93. The van der Waals surface area contributed by atoms with Crippen molar-refractivity contribution in [1.29, 1.82) is 0 Å². The van der Waals surface area contributed by atoms with Crippen molar-refractivity contribution in [1.82, 2.24) is 13.9 Å². The summed E-state index contributed by atoms with van der Waals surface area (Å²) in [6, 6.07) is 12.6. The predicted molar refractivity (Wildman–Crippen MR) is 107 cm³/mol. The molecule has 1 aliphatic heterocycles. The van der Waals surface area contributed by atoms with Crippen molar-refractivity contribution >= 4 is 27.5 Å². The summed E-state index contributed by atoms with van der Waals surface area (Å²) in [5, 5.41) is 6.89. The number of fused-ring (bicyclic) bond motifs is 1. The molecule has 1 atom stereocenters. The summed E-state index contributed by atoms with van der Waals surface area (Å²) in [6.45, 7) is 0.846. The maximum atomic E-state index is 13.1. The van der Waals surface area contributed by atoms with Crippen LogP contribution < -0.4 is 0 Å². The van der Waals surface area contributed by atoms with Crippen molar-refractivity contribution in [2.24, 2.45) is 0 Å². The van der Waals surface area contributed by atoms with Gasteiger partial charge in [0.15, 0.2) is 0 Å². The number of carbonyl (C=O) groups is 1. The Morgan fingerprint density at radius 3 is 2.57 bits per heavy atom. The van der Waals surface area contributed by atoms with Crippen LogP contribution in [0.1, 0.15) is 18.4 Å². The van der Waals surface area contributed by atoms with E-state index in [0.717, 1.165) is 30.5 Å². The van der Waals surface area contributed by atoms with Gasteiger partial charge in [-0.05, 0) is 62.7 Å². The first kappa shape index (κ1) is 20.0. The first-order valence-corrected chi connectivity index (χ1v) is 10.5. The third-order valence-corrected chi connectivity index (χ3v) is 6.72. The first-order valence-electron chi connectivity index (χ1n) is 9.02. The van der Waals surface area contributed by atoms with Crippen molar-refractivity contribution in [2.75, 3.05) is 13.6 Å². The van der Waals surface area contributed by atoms with Crippen LogP contribution in [0.25, 0.3) is 11.0 Å². The van der Waals surface area contributed by atoms with E-state index in [-0.39, 0.29) is 6.47 Å². The Morgan fingerprint density at radius 1 is 1.21 bits per heavy atom. The molecule has 1 N–H and O–H groups in total. The maximum absolute atomic E-state index is 13.1. The van der Waals surface area contributed by atoms with Gasteiger partial charge in [-0.3, -0.25) is 9.78 Å². The minimum Gasteiger partial charge on any atom is -0.483 e. The fourth-order valence-electron chi connectivity index (χ4n) is 3.64. The lowest BCUT2D eigenvalue weighted by atomic mass is 10.1. The molecule has 1 aromatic carbocycles. The molecule has 1 fully saturated rings. The highest BCUT2D eigenvalue weighted by molar-refractivity contribution is 7.90. The van der Waals surface area contributed by atoms with Crippen LogP contribution in [-0.2, 0) is 21.2 Å². The normalized spacial score (nSPS) is 17.2. The monoisotopic (exact) mass is 401 g/mol. The number of likely N-dealkylation sites (tertiary alicyclic amines) is 1. The fourth-order valence-corrected chi connectivity index (χ4v) is 5.04. The van der Waals surface area contributed by atoms with Crippen LogP contribution in [0, 0.1) is 0 Å². The van der Waals surface area contributed by atoms with Gasteiger partial charge in [0.25, 0.3) is 16.5 Å². The molecule has 2 aromatic heterocycles. The standard InChI is InChI=1S/C19H21N3O2S.CH2O2/c1-21-12-6-7-16(21)13-15-14-22(18-10-5-11-20-19(15)18)25(23,24)17-8-3-2-4-9-17;2-1-3/h2-5,8-11,14,16H,6-7,12-13H2,1H3;1H,(H,2,3)/t16-;/m0./s1. The molecule has 0 saturated carbocycles. The Bertz CT molecular complexity index is 1050. The highest BCUT2D eigenvalue weighted by Gasteiger charge is 2.26. The zero-order chi connectivity index (χ0) is 20.1. The number of aromatic nitrogens is 2. The molecule has 3 aromatic rings.